The monoisotopic (exact) mass is 403 g/mol. The minimum absolute atomic E-state index is 0.0771. The van der Waals surface area contributed by atoms with Gasteiger partial charge in [-0.25, -0.2) is 14.8 Å². The van der Waals surface area contributed by atoms with Crippen LogP contribution in [0.1, 0.15) is 50.3 Å². The molecule has 0 aromatic carbocycles. The van der Waals surface area contributed by atoms with Crippen LogP contribution in [-0.2, 0) is 18.9 Å². The number of fused-ring (bicyclic) bond motifs is 1. The van der Waals surface area contributed by atoms with E-state index in [1.165, 1.54) is 36.2 Å². The van der Waals surface area contributed by atoms with Crippen LogP contribution < -0.4 is 11.2 Å². The maximum absolute atomic E-state index is 12.8. The third-order valence-electron chi connectivity index (χ3n) is 5.52. The van der Waals surface area contributed by atoms with Crippen LogP contribution in [0.5, 0.6) is 0 Å². The Bertz CT molecular complexity index is 1030. The predicted octanol–water partition coefficient (Wildman–Crippen LogP) is 1.40. The molecule has 2 fully saturated rings. The molecule has 0 spiro atoms. The van der Waals surface area contributed by atoms with E-state index in [-0.39, 0.29) is 17.6 Å². The molecule has 1 aliphatic heterocycles. The fraction of sp³-hybridized carbons (Fsp3) is 0.632. The average Bonchev–Trinajstić information content (AvgIpc) is 3.55. The molecular weight excluding hydrogens is 378 g/mol. The van der Waals surface area contributed by atoms with Crippen LogP contribution in [0.4, 0.5) is 0 Å². The maximum atomic E-state index is 12.8. The minimum Gasteiger partial charge on any atom is -0.342 e. The summed E-state index contributed by atoms with van der Waals surface area (Å²) in [6.07, 6.45) is 6.45. The van der Waals surface area contributed by atoms with Crippen molar-refractivity contribution >= 4 is 28.7 Å². The summed E-state index contributed by atoms with van der Waals surface area (Å²) in [7, 11) is 3.07. The van der Waals surface area contributed by atoms with Gasteiger partial charge in [0.05, 0.1) is 5.75 Å². The number of nitrogens with zero attached hydrogens (tertiary/aromatic N) is 5. The predicted molar refractivity (Wildman–Crippen MR) is 108 cm³/mol. The first kappa shape index (κ1) is 19.2. The van der Waals surface area contributed by atoms with Crippen molar-refractivity contribution < 1.29 is 4.79 Å². The summed E-state index contributed by atoms with van der Waals surface area (Å²) in [5.74, 6) is 1.26. The summed E-state index contributed by atoms with van der Waals surface area (Å²) in [5, 5.41) is 0.828. The first-order valence-electron chi connectivity index (χ1n) is 9.85. The zero-order valence-corrected chi connectivity index (χ0v) is 17.1. The topological polar surface area (TPSA) is 90.1 Å². The molecule has 2 aromatic heterocycles. The van der Waals surface area contributed by atoms with Gasteiger partial charge in [-0.3, -0.25) is 18.7 Å². The summed E-state index contributed by atoms with van der Waals surface area (Å²) >= 11 is 1.28. The lowest BCUT2D eigenvalue weighted by atomic mass is 10.2. The van der Waals surface area contributed by atoms with E-state index < -0.39 is 11.2 Å². The Labute approximate surface area is 167 Å². The second-order valence-electron chi connectivity index (χ2n) is 7.65. The summed E-state index contributed by atoms with van der Waals surface area (Å²) in [6.45, 7) is 1.60. The van der Waals surface area contributed by atoms with Gasteiger partial charge in [-0.2, -0.15) is 0 Å². The number of amides is 1. The smallest absolute Gasteiger partial charge is 0.332 e. The van der Waals surface area contributed by atoms with Crippen LogP contribution in [0.25, 0.3) is 11.0 Å². The van der Waals surface area contributed by atoms with Crippen molar-refractivity contribution in [3.05, 3.63) is 26.7 Å². The first-order valence-corrected chi connectivity index (χ1v) is 10.8. The van der Waals surface area contributed by atoms with Gasteiger partial charge in [0.15, 0.2) is 5.65 Å². The van der Waals surface area contributed by atoms with Crippen molar-refractivity contribution in [1.82, 2.24) is 24.0 Å². The number of thioether (sulfide) groups is 1. The Balaban J connectivity index is 1.70. The van der Waals surface area contributed by atoms with Gasteiger partial charge in [0.1, 0.15) is 16.2 Å². The molecule has 3 heterocycles. The van der Waals surface area contributed by atoms with E-state index in [1.54, 1.807) is 7.05 Å². The van der Waals surface area contributed by atoms with E-state index in [4.69, 9.17) is 0 Å². The molecule has 8 nitrogen and oxygen atoms in total. The molecule has 2 aromatic rings. The minimum atomic E-state index is -0.412. The molecule has 28 heavy (non-hydrogen) atoms. The molecule has 0 bridgehead atoms. The largest absolute Gasteiger partial charge is 0.342 e. The third-order valence-corrected chi connectivity index (χ3v) is 6.48. The standard InChI is InChI=1S/C19H25N5O3S/c1-22-16-14(18(26)23(2)19(22)27)17(21-15(20-16)12-7-8-12)28-11-13(25)24-9-5-3-4-6-10-24/h12H,3-11H2,1-2H3. The molecule has 0 radical (unpaired) electrons. The summed E-state index contributed by atoms with van der Waals surface area (Å²) in [5.41, 5.74) is -0.463. The summed E-state index contributed by atoms with van der Waals surface area (Å²) < 4.78 is 2.47. The molecule has 2 aliphatic rings. The first-order chi connectivity index (χ1) is 13.5. The Morgan fingerprint density at radius 2 is 1.71 bits per heavy atom. The van der Waals surface area contributed by atoms with Crippen molar-refractivity contribution in [2.45, 2.75) is 49.5 Å². The number of hydrogen-bond donors (Lipinski definition) is 0. The molecule has 1 saturated carbocycles. The highest BCUT2D eigenvalue weighted by molar-refractivity contribution is 8.00. The lowest BCUT2D eigenvalue weighted by Gasteiger charge is -2.20. The molecule has 0 N–H and O–H groups in total. The van der Waals surface area contributed by atoms with Crippen LogP contribution in [-0.4, -0.2) is 48.8 Å². The van der Waals surface area contributed by atoms with E-state index in [1.807, 2.05) is 4.90 Å². The lowest BCUT2D eigenvalue weighted by Crippen LogP contribution is -2.38. The molecule has 0 unspecified atom stereocenters. The zero-order valence-electron chi connectivity index (χ0n) is 16.3. The second kappa shape index (κ2) is 7.69. The molecule has 0 atom stereocenters. The van der Waals surface area contributed by atoms with E-state index in [9.17, 15) is 14.4 Å². The van der Waals surface area contributed by atoms with Gasteiger partial charge < -0.3 is 4.90 Å². The van der Waals surface area contributed by atoms with Gasteiger partial charge in [-0.15, -0.1) is 0 Å². The third kappa shape index (κ3) is 3.59. The quantitative estimate of drug-likeness (QED) is 0.566. The number of likely N-dealkylation sites (tertiary alicyclic amines) is 1. The number of rotatable bonds is 4. The van der Waals surface area contributed by atoms with Gasteiger partial charge in [0.2, 0.25) is 5.91 Å². The summed E-state index contributed by atoms with van der Waals surface area (Å²) in [4.78, 5) is 48.8. The van der Waals surface area contributed by atoms with Crippen LogP contribution >= 0.6 is 11.8 Å². The molecule has 1 amide bonds. The van der Waals surface area contributed by atoms with Crippen LogP contribution in [0.15, 0.2) is 14.6 Å². The Hall–Kier alpha value is -2.16. The molecule has 150 valence electrons. The van der Waals surface area contributed by atoms with Gasteiger partial charge in [0.25, 0.3) is 5.56 Å². The normalized spacial score (nSPS) is 17.7. The van der Waals surface area contributed by atoms with E-state index >= 15 is 0 Å². The maximum Gasteiger partial charge on any atom is 0.332 e. The highest BCUT2D eigenvalue weighted by Crippen LogP contribution is 2.39. The summed E-state index contributed by atoms with van der Waals surface area (Å²) in [6, 6.07) is 0. The van der Waals surface area contributed by atoms with Crippen LogP contribution in [0.3, 0.4) is 0 Å². The number of aryl methyl sites for hydroxylation is 1. The molecule has 1 saturated heterocycles. The fourth-order valence-electron chi connectivity index (χ4n) is 3.62. The highest BCUT2D eigenvalue weighted by Gasteiger charge is 2.29. The highest BCUT2D eigenvalue weighted by atomic mass is 32.2. The molecular formula is C19H25N5O3S. The Kier molecular flexibility index (Phi) is 5.27. The molecule has 1 aliphatic carbocycles. The van der Waals surface area contributed by atoms with Crippen LogP contribution in [0.2, 0.25) is 0 Å². The van der Waals surface area contributed by atoms with Crippen molar-refractivity contribution in [1.29, 1.82) is 0 Å². The van der Waals surface area contributed by atoms with Gasteiger partial charge >= 0.3 is 5.69 Å². The van der Waals surface area contributed by atoms with Crippen molar-refractivity contribution in [2.24, 2.45) is 14.1 Å². The van der Waals surface area contributed by atoms with Gasteiger partial charge in [-0.1, -0.05) is 24.6 Å². The van der Waals surface area contributed by atoms with Crippen LogP contribution in [0, 0.1) is 0 Å². The fourth-order valence-corrected chi connectivity index (χ4v) is 4.54. The number of carbonyl (C=O) groups excluding carboxylic acids is 1. The average molecular weight is 404 g/mol. The van der Waals surface area contributed by atoms with Crippen molar-refractivity contribution in [2.75, 3.05) is 18.8 Å². The zero-order chi connectivity index (χ0) is 19.8. The molecule has 4 rings (SSSR count). The second-order valence-corrected chi connectivity index (χ2v) is 8.61. The Morgan fingerprint density at radius 3 is 2.36 bits per heavy atom. The number of hydrogen-bond acceptors (Lipinski definition) is 6. The van der Waals surface area contributed by atoms with E-state index in [2.05, 4.69) is 9.97 Å². The lowest BCUT2D eigenvalue weighted by molar-refractivity contribution is -0.128. The number of carbonyl (C=O) groups is 1. The van der Waals surface area contributed by atoms with Gasteiger partial charge in [0, 0.05) is 33.1 Å². The van der Waals surface area contributed by atoms with Gasteiger partial charge in [-0.05, 0) is 25.7 Å². The number of aromatic nitrogens is 4. The SMILES string of the molecule is Cn1c(=O)c2c(SCC(=O)N3CCCCCC3)nc(C3CC3)nc2n(C)c1=O. The van der Waals surface area contributed by atoms with Crippen molar-refractivity contribution in [3.8, 4) is 0 Å². The molecule has 9 heteroatoms. The van der Waals surface area contributed by atoms with E-state index in [0.717, 1.165) is 43.3 Å². The van der Waals surface area contributed by atoms with Crippen molar-refractivity contribution in [3.63, 3.8) is 0 Å². The Morgan fingerprint density at radius 1 is 1.04 bits per heavy atom. The van der Waals surface area contributed by atoms with E-state index in [0.29, 0.717) is 21.9 Å².